The molecule has 3 rings (SSSR count). The number of aromatic nitrogens is 3. The van der Waals surface area contributed by atoms with E-state index < -0.39 is 47.9 Å². The maximum Gasteiger partial charge on any atom is 0.349 e. The fourth-order valence-electron chi connectivity index (χ4n) is 4.36. The van der Waals surface area contributed by atoms with Crippen LogP contribution in [0.1, 0.15) is 40.8 Å². The Morgan fingerprint density at radius 3 is 2.40 bits per heavy atom. The molecule has 0 amide bonds. The fourth-order valence-corrected chi connectivity index (χ4v) is 4.72. The Morgan fingerprint density at radius 2 is 1.83 bits per heavy atom. The third kappa shape index (κ3) is 7.42. The van der Waals surface area contributed by atoms with Gasteiger partial charge in [-0.3, -0.25) is 19.0 Å². The van der Waals surface area contributed by atoms with Gasteiger partial charge in [-0.05, 0) is 20.1 Å². The summed E-state index contributed by atoms with van der Waals surface area (Å²) in [6.07, 6.45) is 2.49. The molecule has 0 radical (unpaired) electrons. The van der Waals surface area contributed by atoms with Gasteiger partial charge in [-0.25, -0.2) is 24.7 Å². The van der Waals surface area contributed by atoms with Crippen molar-refractivity contribution in [1.82, 2.24) is 19.4 Å². The molecule has 1 aliphatic rings. The first-order chi connectivity index (χ1) is 19.8. The smallest absolute Gasteiger partial charge is 0.349 e. The van der Waals surface area contributed by atoms with Crippen LogP contribution in [-0.2, 0) is 42.9 Å². The maximum atomic E-state index is 12.4. The highest BCUT2D eigenvalue weighted by atomic mass is 32.2. The summed E-state index contributed by atoms with van der Waals surface area (Å²) in [5.74, 6) is -2.35. The van der Waals surface area contributed by atoms with Crippen LogP contribution in [0.25, 0.3) is 11.0 Å². The highest BCUT2D eigenvalue weighted by Crippen LogP contribution is 2.47. The van der Waals surface area contributed by atoms with Gasteiger partial charge >= 0.3 is 23.9 Å². The average molecular weight is 607 g/mol. The number of ether oxygens (including phenoxy) is 5. The third-order valence-corrected chi connectivity index (χ3v) is 6.41. The number of aliphatic imine (C=N–C) groups is 2. The second-order valence-corrected chi connectivity index (χ2v) is 10.3. The van der Waals surface area contributed by atoms with E-state index in [2.05, 4.69) is 20.0 Å². The van der Waals surface area contributed by atoms with Crippen LogP contribution in [-0.4, -0.2) is 107 Å². The van der Waals surface area contributed by atoms with Gasteiger partial charge in [0.1, 0.15) is 18.9 Å². The SMILES string of the molecule is CCOC(=O)C=Nc1cn(C2O[C@H](COC(C)=O)[C@@H](OC(C)=O)[C@@]2(C)OC(C)=O)c2nc(SC)nc(N=CN(C)C)c12. The van der Waals surface area contributed by atoms with Crippen molar-refractivity contribution >= 4 is 70.7 Å². The first-order valence-electron chi connectivity index (χ1n) is 12.8. The summed E-state index contributed by atoms with van der Waals surface area (Å²) in [6.45, 7) is 6.70. The fraction of sp³-hybridized carbons (Fsp3) is 0.538. The van der Waals surface area contributed by atoms with E-state index >= 15 is 0 Å². The van der Waals surface area contributed by atoms with Crippen LogP contribution >= 0.6 is 11.8 Å². The number of hydrogen-bond acceptors (Lipinski definition) is 14. The van der Waals surface area contributed by atoms with E-state index in [1.54, 1.807) is 38.5 Å². The molecule has 1 saturated heterocycles. The van der Waals surface area contributed by atoms with Crippen LogP contribution in [0.5, 0.6) is 0 Å². The maximum absolute atomic E-state index is 12.4. The zero-order valence-corrected chi connectivity index (χ0v) is 25.5. The zero-order valence-electron chi connectivity index (χ0n) is 24.6. The molecule has 228 valence electrons. The molecule has 0 aromatic carbocycles. The van der Waals surface area contributed by atoms with E-state index in [-0.39, 0.29) is 30.4 Å². The number of nitrogens with zero attached hydrogens (tertiary/aromatic N) is 6. The summed E-state index contributed by atoms with van der Waals surface area (Å²) in [5, 5.41) is 0.710. The Balaban J connectivity index is 2.33. The number of rotatable bonds is 11. The predicted octanol–water partition coefficient (Wildman–Crippen LogP) is 2.35. The number of esters is 4. The van der Waals surface area contributed by atoms with Crippen molar-refractivity contribution in [3.05, 3.63) is 6.20 Å². The lowest BCUT2D eigenvalue weighted by molar-refractivity contribution is -0.184. The Kier molecular flexibility index (Phi) is 10.6. The van der Waals surface area contributed by atoms with Gasteiger partial charge in [0.2, 0.25) is 0 Å². The van der Waals surface area contributed by atoms with Crippen molar-refractivity contribution in [2.45, 2.75) is 63.8 Å². The summed E-state index contributed by atoms with van der Waals surface area (Å²) in [4.78, 5) is 68.0. The quantitative estimate of drug-likeness (QED) is 0.0912. The van der Waals surface area contributed by atoms with Crippen molar-refractivity contribution in [1.29, 1.82) is 0 Å². The summed E-state index contributed by atoms with van der Waals surface area (Å²) in [6, 6.07) is 0. The molecule has 4 atom stereocenters. The van der Waals surface area contributed by atoms with Crippen LogP contribution in [0.4, 0.5) is 11.5 Å². The molecule has 0 saturated carbocycles. The van der Waals surface area contributed by atoms with E-state index in [0.717, 1.165) is 6.21 Å². The molecule has 1 unspecified atom stereocenters. The van der Waals surface area contributed by atoms with Gasteiger partial charge in [-0.1, -0.05) is 11.8 Å². The molecule has 15 nitrogen and oxygen atoms in total. The lowest BCUT2D eigenvalue weighted by Gasteiger charge is -2.34. The predicted molar refractivity (Wildman–Crippen MR) is 152 cm³/mol. The molecule has 3 heterocycles. The second-order valence-electron chi connectivity index (χ2n) is 9.51. The van der Waals surface area contributed by atoms with E-state index in [1.807, 2.05) is 0 Å². The van der Waals surface area contributed by atoms with Crippen molar-refractivity contribution in [2.24, 2.45) is 9.98 Å². The summed E-state index contributed by atoms with van der Waals surface area (Å²) in [7, 11) is 3.58. The lowest BCUT2D eigenvalue weighted by Crippen LogP contribution is -2.50. The van der Waals surface area contributed by atoms with Crippen molar-refractivity contribution in [2.75, 3.05) is 33.6 Å². The Morgan fingerprint density at radius 1 is 1.12 bits per heavy atom. The minimum Gasteiger partial charge on any atom is -0.463 e. The zero-order chi connectivity index (χ0) is 31.2. The van der Waals surface area contributed by atoms with Crippen LogP contribution in [0.15, 0.2) is 21.3 Å². The molecule has 16 heteroatoms. The van der Waals surface area contributed by atoms with Crippen LogP contribution in [0, 0.1) is 0 Å². The summed E-state index contributed by atoms with van der Waals surface area (Å²) >= 11 is 1.26. The van der Waals surface area contributed by atoms with Crippen LogP contribution in [0.3, 0.4) is 0 Å². The number of fused-ring (bicyclic) bond motifs is 1. The van der Waals surface area contributed by atoms with Gasteiger partial charge in [0.15, 0.2) is 34.6 Å². The minimum absolute atomic E-state index is 0.156. The molecule has 2 aromatic rings. The Labute approximate surface area is 246 Å². The molecule has 0 N–H and O–H groups in total. The molecule has 0 spiro atoms. The Hall–Kier alpha value is -4.05. The highest BCUT2D eigenvalue weighted by molar-refractivity contribution is 7.98. The standard InChI is InChI=1S/C26H34N6O9S/c1-9-37-19(36)10-27-17-11-32(23-20(17)22(28-13-31(6)7)29-25(30-23)42-8)24-26(5,41-16(4)35)21(39-15(3)34)18(40-24)12-38-14(2)33/h10-11,13,18,21,24H,9,12H2,1-8H3/t18-,21-,24?,26-/m1/s1. The molecule has 2 aromatic heterocycles. The van der Waals surface area contributed by atoms with E-state index in [1.165, 1.54) is 50.2 Å². The molecular weight excluding hydrogens is 572 g/mol. The number of hydrogen-bond donors (Lipinski definition) is 0. The number of thioether (sulfide) groups is 1. The molecule has 0 bridgehead atoms. The van der Waals surface area contributed by atoms with Gasteiger partial charge in [0.05, 0.1) is 24.0 Å². The van der Waals surface area contributed by atoms with Gasteiger partial charge < -0.3 is 28.6 Å². The lowest BCUT2D eigenvalue weighted by atomic mass is 9.95. The van der Waals surface area contributed by atoms with Crippen molar-refractivity contribution in [3.8, 4) is 0 Å². The van der Waals surface area contributed by atoms with E-state index in [9.17, 15) is 19.2 Å². The van der Waals surface area contributed by atoms with E-state index in [4.69, 9.17) is 23.7 Å². The normalized spacial score (nSPS) is 22.0. The third-order valence-electron chi connectivity index (χ3n) is 5.86. The molecule has 0 aliphatic carbocycles. The summed E-state index contributed by atoms with van der Waals surface area (Å²) < 4.78 is 29.3. The van der Waals surface area contributed by atoms with Gasteiger partial charge in [-0.15, -0.1) is 0 Å². The van der Waals surface area contributed by atoms with E-state index in [0.29, 0.717) is 10.5 Å². The highest BCUT2D eigenvalue weighted by Gasteiger charge is 2.60. The first kappa shape index (κ1) is 32.5. The molecular formula is C26H34N6O9S. The summed E-state index contributed by atoms with van der Waals surface area (Å²) in [5.41, 5.74) is -1.12. The minimum atomic E-state index is -1.63. The molecule has 1 aliphatic heterocycles. The first-order valence-corrected chi connectivity index (χ1v) is 14.1. The second kappa shape index (κ2) is 13.7. The topological polar surface area (TPSA) is 173 Å². The number of carbonyl (C=O) groups excluding carboxylic acids is 4. The molecule has 42 heavy (non-hydrogen) atoms. The number of carbonyl (C=O) groups is 4. The van der Waals surface area contributed by atoms with Gasteiger partial charge in [0.25, 0.3) is 0 Å². The molecule has 1 fully saturated rings. The van der Waals surface area contributed by atoms with Gasteiger partial charge in [-0.2, -0.15) is 0 Å². The van der Waals surface area contributed by atoms with Crippen LogP contribution in [0.2, 0.25) is 0 Å². The largest absolute Gasteiger partial charge is 0.463 e. The van der Waals surface area contributed by atoms with Crippen molar-refractivity contribution in [3.63, 3.8) is 0 Å². The van der Waals surface area contributed by atoms with Gasteiger partial charge in [0, 0.05) is 41.1 Å². The Bertz CT molecular complexity index is 1410. The monoisotopic (exact) mass is 606 g/mol. The average Bonchev–Trinajstić information content (AvgIpc) is 3.38. The van der Waals surface area contributed by atoms with Crippen LogP contribution < -0.4 is 0 Å². The van der Waals surface area contributed by atoms with Crippen molar-refractivity contribution < 1.29 is 42.9 Å².